The maximum absolute atomic E-state index is 12.3. The van der Waals surface area contributed by atoms with Gasteiger partial charge in [-0.1, -0.05) is 29.8 Å². The van der Waals surface area contributed by atoms with E-state index in [-0.39, 0.29) is 18.9 Å². The Kier molecular flexibility index (Phi) is 5.16. The van der Waals surface area contributed by atoms with E-state index in [2.05, 4.69) is 10.2 Å². The van der Waals surface area contributed by atoms with Gasteiger partial charge in [0.25, 0.3) is 5.91 Å². The van der Waals surface area contributed by atoms with E-state index < -0.39 is 5.97 Å². The van der Waals surface area contributed by atoms with Crippen LogP contribution in [0.2, 0.25) is 5.02 Å². The van der Waals surface area contributed by atoms with Crippen molar-refractivity contribution < 1.29 is 14.7 Å². The van der Waals surface area contributed by atoms with E-state index >= 15 is 0 Å². The highest BCUT2D eigenvalue weighted by molar-refractivity contribution is 6.33. The highest BCUT2D eigenvalue weighted by atomic mass is 35.5. The molecule has 7 heteroatoms. The summed E-state index contributed by atoms with van der Waals surface area (Å²) >= 11 is 6.11. The molecule has 0 saturated carbocycles. The monoisotopic (exact) mass is 321 g/mol. The number of carbonyl (C=O) groups excluding carboxylic acids is 1. The molecule has 0 radical (unpaired) electrons. The molecule has 1 aromatic heterocycles. The van der Waals surface area contributed by atoms with Crippen molar-refractivity contribution in [2.24, 2.45) is 0 Å². The number of aliphatic carboxylic acids is 1. The molecule has 1 amide bonds. The van der Waals surface area contributed by atoms with Crippen LogP contribution in [0.15, 0.2) is 30.3 Å². The molecule has 2 N–H and O–H groups in total. The van der Waals surface area contributed by atoms with Crippen LogP contribution in [0.4, 0.5) is 0 Å². The molecule has 0 atom stereocenters. The summed E-state index contributed by atoms with van der Waals surface area (Å²) in [7, 11) is 0. The Hall–Kier alpha value is -2.34. The number of nitrogens with one attached hydrogen (secondary N) is 1. The molecule has 0 aliphatic rings. The number of carbonyl (C=O) groups is 2. The van der Waals surface area contributed by atoms with Crippen molar-refractivity contribution in [2.45, 2.75) is 13.3 Å². The lowest BCUT2D eigenvalue weighted by Gasteiger charge is -2.18. The zero-order valence-electron chi connectivity index (χ0n) is 12.0. The first-order valence-electron chi connectivity index (χ1n) is 6.84. The van der Waals surface area contributed by atoms with Crippen molar-refractivity contribution in [3.8, 4) is 11.3 Å². The molecule has 2 aromatic rings. The average molecular weight is 322 g/mol. The van der Waals surface area contributed by atoms with Gasteiger partial charge in [0, 0.05) is 18.7 Å². The standard InChI is InChI=1S/C15H16ClN3O3/c1-2-19(8-7-14(20)21)15(22)13-9-12(17-18-13)10-5-3-4-6-11(10)16/h3-6,9H,2,7-8H2,1H3,(H,17,18)(H,20,21). The van der Waals surface area contributed by atoms with Gasteiger partial charge in [0.2, 0.25) is 0 Å². The predicted molar refractivity (Wildman–Crippen MR) is 82.9 cm³/mol. The minimum absolute atomic E-state index is 0.0922. The molecule has 0 aliphatic carbocycles. The van der Waals surface area contributed by atoms with Gasteiger partial charge in [-0.25, -0.2) is 0 Å². The number of carboxylic acid groups (broad SMARTS) is 1. The second-order valence-corrected chi connectivity index (χ2v) is 5.08. The lowest BCUT2D eigenvalue weighted by Crippen LogP contribution is -2.33. The van der Waals surface area contributed by atoms with Gasteiger partial charge in [0.15, 0.2) is 0 Å². The summed E-state index contributed by atoms with van der Waals surface area (Å²) in [6.07, 6.45) is -0.0922. The molecule has 0 spiro atoms. The summed E-state index contributed by atoms with van der Waals surface area (Å²) < 4.78 is 0. The van der Waals surface area contributed by atoms with E-state index in [1.165, 1.54) is 4.90 Å². The lowest BCUT2D eigenvalue weighted by molar-refractivity contribution is -0.137. The second-order valence-electron chi connectivity index (χ2n) is 4.68. The molecule has 0 saturated heterocycles. The number of aromatic amines is 1. The normalized spacial score (nSPS) is 10.5. The number of hydrogen-bond donors (Lipinski definition) is 2. The van der Waals surface area contributed by atoms with Crippen LogP contribution in [0.5, 0.6) is 0 Å². The number of amides is 1. The van der Waals surface area contributed by atoms with Gasteiger partial charge in [0.1, 0.15) is 5.69 Å². The van der Waals surface area contributed by atoms with Gasteiger partial charge >= 0.3 is 5.97 Å². The van der Waals surface area contributed by atoms with Gasteiger partial charge in [0.05, 0.1) is 17.1 Å². The van der Waals surface area contributed by atoms with Crippen molar-refractivity contribution >= 4 is 23.5 Å². The molecular formula is C15H16ClN3O3. The van der Waals surface area contributed by atoms with Gasteiger partial charge in [-0.05, 0) is 19.1 Å². The maximum atomic E-state index is 12.3. The maximum Gasteiger partial charge on any atom is 0.305 e. The van der Waals surface area contributed by atoms with Crippen LogP contribution in [0, 0.1) is 0 Å². The summed E-state index contributed by atoms with van der Waals surface area (Å²) in [5.41, 5.74) is 1.61. The molecule has 1 heterocycles. The number of hydrogen-bond acceptors (Lipinski definition) is 3. The molecular weight excluding hydrogens is 306 g/mol. The van der Waals surface area contributed by atoms with E-state index in [4.69, 9.17) is 16.7 Å². The van der Waals surface area contributed by atoms with Gasteiger partial charge in [-0.15, -0.1) is 0 Å². The fourth-order valence-electron chi connectivity index (χ4n) is 2.04. The number of H-pyrrole nitrogens is 1. The van der Waals surface area contributed by atoms with E-state index in [0.29, 0.717) is 23.0 Å². The van der Waals surface area contributed by atoms with Crippen LogP contribution in [0.3, 0.4) is 0 Å². The van der Waals surface area contributed by atoms with Crippen molar-refractivity contribution in [3.63, 3.8) is 0 Å². The van der Waals surface area contributed by atoms with Crippen molar-refractivity contribution in [2.75, 3.05) is 13.1 Å². The minimum atomic E-state index is -0.937. The Morgan fingerprint density at radius 3 is 2.73 bits per heavy atom. The Labute approximate surface area is 132 Å². The highest BCUT2D eigenvalue weighted by Gasteiger charge is 2.18. The number of aromatic nitrogens is 2. The third kappa shape index (κ3) is 3.65. The topological polar surface area (TPSA) is 86.3 Å². The number of nitrogens with zero attached hydrogens (tertiary/aromatic N) is 2. The molecule has 0 unspecified atom stereocenters. The SMILES string of the molecule is CCN(CCC(=O)O)C(=O)c1cc(-c2ccccc2Cl)n[nH]1. The Bertz CT molecular complexity index is 684. The van der Waals surface area contributed by atoms with Crippen molar-refractivity contribution in [1.29, 1.82) is 0 Å². The average Bonchev–Trinajstić information content (AvgIpc) is 2.97. The van der Waals surface area contributed by atoms with E-state index in [1.807, 2.05) is 18.2 Å². The molecule has 0 bridgehead atoms. The number of benzene rings is 1. The summed E-state index contributed by atoms with van der Waals surface area (Å²) in [6, 6.07) is 8.83. The van der Waals surface area contributed by atoms with Crippen LogP contribution in [0.25, 0.3) is 11.3 Å². The zero-order chi connectivity index (χ0) is 16.1. The second kappa shape index (κ2) is 7.09. The largest absolute Gasteiger partial charge is 0.481 e. The first-order chi connectivity index (χ1) is 10.5. The summed E-state index contributed by atoms with van der Waals surface area (Å²) in [5.74, 6) is -1.22. The molecule has 6 nitrogen and oxygen atoms in total. The van der Waals surface area contributed by atoms with Crippen LogP contribution in [-0.2, 0) is 4.79 Å². The fourth-order valence-corrected chi connectivity index (χ4v) is 2.27. The molecule has 1 aromatic carbocycles. The van der Waals surface area contributed by atoms with Crippen LogP contribution >= 0.6 is 11.6 Å². The van der Waals surface area contributed by atoms with Gasteiger partial charge in [-0.2, -0.15) is 5.10 Å². The highest BCUT2D eigenvalue weighted by Crippen LogP contribution is 2.26. The molecule has 22 heavy (non-hydrogen) atoms. The summed E-state index contributed by atoms with van der Waals surface area (Å²) in [6.45, 7) is 2.38. The molecule has 0 fully saturated rings. The van der Waals surface area contributed by atoms with Crippen molar-refractivity contribution in [3.05, 3.63) is 41.0 Å². The Balaban J connectivity index is 2.18. The Morgan fingerprint density at radius 2 is 2.09 bits per heavy atom. The van der Waals surface area contributed by atoms with E-state index in [1.54, 1.807) is 19.1 Å². The molecule has 2 rings (SSSR count). The fraction of sp³-hybridized carbons (Fsp3) is 0.267. The summed E-state index contributed by atoms with van der Waals surface area (Å²) in [5, 5.41) is 16.1. The van der Waals surface area contributed by atoms with Gasteiger partial charge in [-0.3, -0.25) is 14.7 Å². The quantitative estimate of drug-likeness (QED) is 0.856. The minimum Gasteiger partial charge on any atom is -0.481 e. The molecule has 116 valence electrons. The van der Waals surface area contributed by atoms with Crippen LogP contribution < -0.4 is 0 Å². The predicted octanol–water partition coefficient (Wildman–Crippen LogP) is 2.67. The summed E-state index contributed by atoms with van der Waals surface area (Å²) in [4.78, 5) is 24.4. The van der Waals surface area contributed by atoms with E-state index in [0.717, 1.165) is 5.56 Å². The van der Waals surface area contributed by atoms with Gasteiger partial charge < -0.3 is 10.0 Å². The van der Waals surface area contributed by atoms with Crippen LogP contribution in [-0.4, -0.2) is 45.2 Å². The van der Waals surface area contributed by atoms with Crippen LogP contribution in [0.1, 0.15) is 23.8 Å². The third-order valence-electron chi connectivity index (χ3n) is 3.22. The van der Waals surface area contributed by atoms with Crippen molar-refractivity contribution in [1.82, 2.24) is 15.1 Å². The van der Waals surface area contributed by atoms with E-state index in [9.17, 15) is 9.59 Å². The lowest BCUT2D eigenvalue weighted by atomic mass is 10.1. The molecule has 0 aliphatic heterocycles. The first kappa shape index (κ1) is 16.0. The number of halogens is 1. The third-order valence-corrected chi connectivity index (χ3v) is 3.55. The Morgan fingerprint density at radius 1 is 1.36 bits per heavy atom. The number of carboxylic acids is 1. The first-order valence-corrected chi connectivity index (χ1v) is 7.22. The number of rotatable bonds is 6. The zero-order valence-corrected chi connectivity index (χ0v) is 12.8. The smallest absolute Gasteiger partial charge is 0.305 e.